The van der Waals surface area contributed by atoms with Crippen LogP contribution in [0.1, 0.15) is 13.8 Å². The summed E-state index contributed by atoms with van der Waals surface area (Å²) >= 11 is 0. The van der Waals surface area contributed by atoms with E-state index >= 15 is 0 Å². The molecule has 0 fully saturated rings. The van der Waals surface area contributed by atoms with Crippen molar-refractivity contribution in [3.63, 3.8) is 0 Å². The zero-order valence-corrected chi connectivity index (χ0v) is 7.67. The van der Waals surface area contributed by atoms with Gasteiger partial charge in [-0.3, -0.25) is 0 Å². The molecule has 0 rings (SSSR count). The van der Waals surface area contributed by atoms with Crippen LogP contribution in [0.5, 0.6) is 0 Å². The van der Waals surface area contributed by atoms with Crippen molar-refractivity contribution < 1.29 is 65.5 Å². The molecule has 0 unspecified atom stereocenters. The van der Waals surface area contributed by atoms with Crippen molar-refractivity contribution in [2.45, 2.75) is 25.6 Å². The second-order valence-electron chi connectivity index (χ2n) is 2.29. The molecule has 0 aliphatic heterocycles. The summed E-state index contributed by atoms with van der Waals surface area (Å²) in [6.45, 7) is 1.50. The Morgan fingerprint density at radius 3 is 2.08 bits per heavy atom. The third-order valence-electron chi connectivity index (χ3n) is 1.22. The number of halogens is 3. The number of esters is 1. The summed E-state index contributed by atoms with van der Waals surface area (Å²) in [5, 5.41) is 8.65. The second-order valence-corrected chi connectivity index (χ2v) is 2.29. The van der Waals surface area contributed by atoms with Crippen molar-refractivity contribution in [1.29, 1.82) is 0 Å². The molecule has 0 amide bonds. The maximum absolute atomic E-state index is 11.9. The fourth-order valence-electron chi connectivity index (χ4n) is 0.387. The summed E-state index contributed by atoms with van der Waals surface area (Å²) in [6.07, 6.45) is -5.00. The van der Waals surface area contributed by atoms with Gasteiger partial charge in [-0.15, -0.1) is 0 Å². The third-order valence-corrected chi connectivity index (χ3v) is 1.22. The van der Waals surface area contributed by atoms with E-state index in [0.29, 0.717) is 6.92 Å². The number of hydrogen-bond donors (Lipinski definition) is 1. The van der Waals surface area contributed by atoms with Gasteiger partial charge in [-0.05, 0) is 13.8 Å². The number of carbonyl (C=O) groups is 1. The van der Waals surface area contributed by atoms with Gasteiger partial charge in [0.2, 0.25) is 0 Å². The number of rotatable bonds is 2. The minimum Gasteiger partial charge on any atom is -0.464 e. The molecule has 0 aliphatic rings. The van der Waals surface area contributed by atoms with E-state index in [2.05, 4.69) is 4.74 Å². The van der Waals surface area contributed by atoms with Crippen molar-refractivity contribution in [1.82, 2.24) is 0 Å². The number of ether oxygens (including phenoxy) is 1. The fourth-order valence-corrected chi connectivity index (χ4v) is 0.387. The molecule has 0 heterocycles. The van der Waals surface area contributed by atoms with Crippen LogP contribution in [-0.4, -0.2) is 29.5 Å². The maximum Gasteiger partial charge on any atom is 0.427 e. The summed E-state index contributed by atoms with van der Waals surface area (Å²) < 4.78 is 39.6. The molecule has 0 aromatic heterocycles. The predicted molar refractivity (Wildman–Crippen MR) is 33.3 cm³/mol. The van der Waals surface area contributed by atoms with Crippen LogP contribution in [0, 0.1) is 37.7 Å². The molecule has 0 radical (unpaired) electrons. The van der Waals surface area contributed by atoms with Crippen LogP contribution in [0.2, 0.25) is 0 Å². The molecule has 1 atom stereocenters. The molecule has 0 saturated carbocycles. The van der Waals surface area contributed by atoms with E-state index < -0.39 is 17.7 Å². The largest absolute Gasteiger partial charge is 0.464 e. The maximum atomic E-state index is 11.9. The van der Waals surface area contributed by atoms with E-state index in [1.54, 1.807) is 0 Å². The van der Waals surface area contributed by atoms with Crippen molar-refractivity contribution >= 4 is 5.97 Å². The number of carbonyl (C=O) groups excluding carboxylic acids is 1. The number of alkyl halides is 3. The molecule has 0 aromatic carbocycles. The number of aliphatic hydroxyl groups is 1. The molecular weight excluding hydrogens is 217 g/mol. The molecule has 7 heteroatoms. The third kappa shape index (κ3) is 4.01. The first-order valence-electron chi connectivity index (χ1n) is 3.19. The van der Waals surface area contributed by atoms with Crippen molar-refractivity contribution in [3.8, 4) is 0 Å². The van der Waals surface area contributed by atoms with Crippen LogP contribution in [0.3, 0.4) is 0 Å². The van der Waals surface area contributed by atoms with Gasteiger partial charge >= 0.3 is 12.1 Å². The fraction of sp³-hybridized carbons (Fsp3) is 0.833. The summed E-state index contributed by atoms with van der Waals surface area (Å²) in [5.74, 6) is -1.68. The van der Waals surface area contributed by atoms with Gasteiger partial charge in [-0.25, -0.2) is 4.79 Å². The molecule has 13 heavy (non-hydrogen) atoms. The molecule has 80 valence electrons. The van der Waals surface area contributed by atoms with E-state index in [0.717, 1.165) is 0 Å². The molecule has 0 aromatic rings. The molecular formula is C6H9ArF3O3. The molecule has 0 aliphatic carbocycles. The van der Waals surface area contributed by atoms with Crippen molar-refractivity contribution in [2.24, 2.45) is 0 Å². The minimum atomic E-state index is -5.00. The van der Waals surface area contributed by atoms with Crippen LogP contribution >= 0.6 is 0 Å². The standard InChI is InChI=1S/C6H9F3O3.Ar/c1-3-12-4(10)5(2,11)6(7,8)9;/h11H,3H2,1-2H3;/t5-;/m1./s1. The van der Waals surface area contributed by atoms with Crippen LogP contribution in [0.25, 0.3) is 0 Å². The van der Waals surface area contributed by atoms with Gasteiger partial charge in [0, 0.05) is 37.7 Å². The zero-order chi connectivity index (χ0) is 9.99. The zero-order valence-electron chi connectivity index (χ0n) is 6.96. The first-order valence-corrected chi connectivity index (χ1v) is 3.19. The van der Waals surface area contributed by atoms with E-state index in [1.165, 1.54) is 6.92 Å². The van der Waals surface area contributed by atoms with Crippen LogP contribution < -0.4 is 0 Å². The van der Waals surface area contributed by atoms with Gasteiger partial charge in [0.1, 0.15) is 0 Å². The van der Waals surface area contributed by atoms with Crippen molar-refractivity contribution in [2.75, 3.05) is 6.61 Å². The summed E-state index contributed by atoms with van der Waals surface area (Å²) in [6, 6.07) is 0. The van der Waals surface area contributed by atoms with Gasteiger partial charge in [0.25, 0.3) is 5.60 Å². The van der Waals surface area contributed by atoms with E-state index in [1.807, 2.05) is 0 Å². The monoisotopic (exact) mass is 226 g/mol. The Morgan fingerprint density at radius 1 is 1.46 bits per heavy atom. The quantitative estimate of drug-likeness (QED) is 0.710. The smallest absolute Gasteiger partial charge is 0.427 e. The van der Waals surface area contributed by atoms with Gasteiger partial charge < -0.3 is 9.84 Å². The Bertz CT molecular complexity index is 178. The van der Waals surface area contributed by atoms with E-state index in [9.17, 15) is 18.0 Å². The van der Waals surface area contributed by atoms with Crippen molar-refractivity contribution in [3.05, 3.63) is 0 Å². The average Bonchev–Trinajstić information content (AvgIpc) is 1.85. The Kier molecular flexibility index (Phi) is 6.60. The Balaban J connectivity index is 0. The average molecular weight is 226 g/mol. The Morgan fingerprint density at radius 2 is 1.85 bits per heavy atom. The Hall–Kier alpha value is 0.480. The summed E-state index contributed by atoms with van der Waals surface area (Å²) in [5.41, 5.74) is -3.41. The molecule has 0 spiro atoms. The topological polar surface area (TPSA) is 46.5 Å². The summed E-state index contributed by atoms with van der Waals surface area (Å²) in [4.78, 5) is 10.5. The molecule has 3 nitrogen and oxygen atoms in total. The molecule has 0 saturated heterocycles. The summed E-state index contributed by atoms with van der Waals surface area (Å²) in [7, 11) is 0. The normalized spacial score (nSPS) is 15.5. The van der Waals surface area contributed by atoms with Gasteiger partial charge in [0.15, 0.2) is 0 Å². The van der Waals surface area contributed by atoms with E-state index in [4.69, 9.17) is 5.11 Å². The van der Waals surface area contributed by atoms with Crippen LogP contribution in [-0.2, 0) is 9.53 Å². The molecule has 0 bridgehead atoms. The first kappa shape index (κ1) is 15.9. The van der Waals surface area contributed by atoms with E-state index in [-0.39, 0.29) is 44.3 Å². The van der Waals surface area contributed by atoms with Gasteiger partial charge in [-0.1, -0.05) is 0 Å². The SMILES string of the molecule is CCOC(=O)[C@@](C)(O)C(F)(F)F.[Ar]. The van der Waals surface area contributed by atoms with Crippen LogP contribution in [0.4, 0.5) is 13.2 Å². The predicted octanol–water partition coefficient (Wildman–Crippen LogP) is 0.863. The Labute approximate surface area is 103 Å². The molecule has 1 N–H and O–H groups in total. The van der Waals surface area contributed by atoms with Crippen LogP contribution in [0.15, 0.2) is 0 Å². The minimum absolute atomic E-state index is 0. The second kappa shape index (κ2) is 5.38. The van der Waals surface area contributed by atoms with Gasteiger partial charge in [0.05, 0.1) is 6.61 Å². The first-order chi connectivity index (χ1) is 5.23. The van der Waals surface area contributed by atoms with Gasteiger partial charge in [-0.2, -0.15) is 13.2 Å². The number of hydrogen-bond acceptors (Lipinski definition) is 3.